The highest BCUT2D eigenvalue weighted by atomic mass is 79.9. The van der Waals surface area contributed by atoms with Crippen molar-refractivity contribution in [1.82, 2.24) is 4.31 Å². The van der Waals surface area contributed by atoms with E-state index in [1.807, 2.05) is 24.3 Å². The van der Waals surface area contributed by atoms with E-state index in [2.05, 4.69) is 28.2 Å². The summed E-state index contributed by atoms with van der Waals surface area (Å²) in [7, 11) is -3.60. The molecule has 5 nitrogen and oxygen atoms in total. The van der Waals surface area contributed by atoms with Crippen LogP contribution in [0.15, 0.2) is 57.9 Å². The van der Waals surface area contributed by atoms with E-state index in [1.165, 1.54) is 9.87 Å². The number of halogens is 1. The fraction of sp³-hybridized carbons (Fsp3) is 0.409. The van der Waals surface area contributed by atoms with Gasteiger partial charge in [0.2, 0.25) is 15.9 Å². The number of aryl methyl sites for hydroxylation is 1. The number of hydrogen-bond donors (Lipinski definition) is 1. The number of sulfonamides is 1. The van der Waals surface area contributed by atoms with Gasteiger partial charge in [-0.1, -0.05) is 41.4 Å². The SMILES string of the molecule is CCCCc1ccc(NC(=O)[C@@H]2CCCN(S(=O)(=O)c3ccc(Br)cc3)C2)cc1. The van der Waals surface area contributed by atoms with E-state index in [0.29, 0.717) is 19.4 Å². The first-order valence-corrected chi connectivity index (χ1v) is 12.3. The molecule has 1 fully saturated rings. The first-order valence-electron chi connectivity index (χ1n) is 10.1. The van der Waals surface area contributed by atoms with Crippen LogP contribution in [0.2, 0.25) is 0 Å². The summed E-state index contributed by atoms with van der Waals surface area (Å²) in [5.41, 5.74) is 2.01. The molecule has 0 radical (unpaired) electrons. The van der Waals surface area contributed by atoms with E-state index in [4.69, 9.17) is 0 Å². The number of anilines is 1. The predicted molar refractivity (Wildman–Crippen MR) is 119 cm³/mol. The van der Waals surface area contributed by atoms with Crippen molar-refractivity contribution in [2.24, 2.45) is 5.92 Å². The predicted octanol–water partition coefficient (Wildman–Crippen LogP) is 4.83. The second-order valence-corrected chi connectivity index (χ2v) is 10.3. The third-order valence-corrected chi connectivity index (χ3v) is 7.65. The van der Waals surface area contributed by atoms with Gasteiger partial charge in [-0.3, -0.25) is 4.79 Å². The van der Waals surface area contributed by atoms with Crippen LogP contribution in [0.1, 0.15) is 38.2 Å². The van der Waals surface area contributed by atoms with Gasteiger partial charge in [-0.15, -0.1) is 0 Å². The number of piperidine rings is 1. The fourth-order valence-electron chi connectivity index (χ4n) is 3.51. The molecule has 29 heavy (non-hydrogen) atoms. The van der Waals surface area contributed by atoms with Crippen LogP contribution in [0, 0.1) is 5.92 Å². The zero-order valence-corrected chi connectivity index (χ0v) is 19.0. The minimum atomic E-state index is -3.60. The molecule has 7 heteroatoms. The highest BCUT2D eigenvalue weighted by molar-refractivity contribution is 9.10. The minimum Gasteiger partial charge on any atom is -0.326 e. The highest BCUT2D eigenvalue weighted by Crippen LogP contribution is 2.26. The summed E-state index contributed by atoms with van der Waals surface area (Å²) in [6, 6.07) is 14.5. The van der Waals surface area contributed by atoms with Gasteiger partial charge in [0.1, 0.15) is 0 Å². The topological polar surface area (TPSA) is 66.5 Å². The summed E-state index contributed by atoms with van der Waals surface area (Å²) < 4.78 is 28.1. The third kappa shape index (κ3) is 5.68. The fourth-order valence-corrected chi connectivity index (χ4v) is 5.30. The minimum absolute atomic E-state index is 0.123. The monoisotopic (exact) mass is 478 g/mol. The maximum absolute atomic E-state index is 12.9. The van der Waals surface area contributed by atoms with Gasteiger partial charge in [0.25, 0.3) is 0 Å². The Morgan fingerprint density at radius 1 is 1.14 bits per heavy atom. The van der Waals surface area contributed by atoms with Crippen molar-refractivity contribution in [2.75, 3.05) is 18.4 Å². The van der Waals surface area contributed by atoms with Gasteiger partial charge >= 0.3 is 0 Å². The molecule has 1 N–H and O–H groups in total. The number of unbranched alkanes of at least 4 members (excludes halogenated alkanes) is 1. The first kappa shape index (κ1) is 22.0. The lowest BCUT2D eigenvalue weighted by molar-refractivity contribution is -0.120. The molecule has 0 saturated carbocycles. The molecule has 2 aromatic carbocycles. The molecular formula is C22H27BrN2O3S. The lowest BCUT2D eigenvalue weighted by Crippen LogP contribution is -2.43. The summed E-state index contributed by atoms with van der Waals surface area (Å²) in [4.78, 5) is 13.0. The molecular weight excluding hydrogens is 452 g/mol. The molecule has 1 aliphatic heterocycles. The van der Waals surface area contributed by atoms with Gasteiger partial charge in [0.05, 0.1) is 10.8 Å². The Bertz CT molecular complexity index is 928. The molecule has 1 atom stereocenters. The molecule has 0 unspecified atom stereocenters. The number of nitrogens with one attached hydrogen (secondary N) is 1. The molecule has 2 aromatic rings. The second kappa shape index (κ2) is 9.87. The highest BCUT2D eigenvalue weighted by Gasteiger charge is 2.33. The van der Waals surface area contributed by atoms with E-state index in [9.17, 15) is 13.2 Å². The van der Waals surface area contributed by atoms with Gasteiger partial charge in [0, 0.05) is 23.2 Å². The Morgan fingerprint density at radius 3 is 2.48 bits per heavy atom. The Hall–Kier alpha value is -1.70. The van der Waals surface area contributed by atoms with Gasteiger partial charge in [-0.25, -0.2) is 8.42 Å². The summed E-state index contributed by atoms with van der Waals surface area (Å²) in [5, 5.41) is 2.95. The first-order chi connectivity index (χ1) is 13.9. The van der Waals surface area contributed by atoms with Crippen molar-refractivity contribution < 1.29 is 13.2 Å². The smallest absolute Gasteiger partial charge is 0.243 e. The normalized spacial score (nSPS) is 17.8. The molecule has 0 aromatic heterocycles. The summed E-state index contributed by atoms with van der Waals surface area (Å²) in [6.07, 6.45) is 4.70. The van der Waals surface area contributed by atoms with Crippen LogP contribution in [0.25, 0.3) is 0 Å². The summed E-state index contributed by atoms with van der Waals surface area (Å²) in [5.74, 6) is -0.476. The van der Waals surface area contributed by atoms with Crippen molar-refractivity contribution in [3.63, 3.8) is 0 Å². The van der Waals surface area contributed by atoms with Crippen LogP contribution < -0.4 is 5.32 Å². The van der Waals surface area contributed by atoms with Crippen LogP contribution >= 0.6 is 15.9 Å². The Balaban J connectivity index is 1.64. The average Bonchev–Trinajstić information content (AvgIpc) is 2.73. The van der Waals surface area contributed by atoms with E-state index in [-0.39, 0.29) is 23.3 Å². The van der Waals surface area contributed by atoms with E-state index < -0.39 is 10.0 Å². The van der Waals surface area contributed by atoms with E-state index in [0.717, 1.165) is 29.4 Å². The van der Waals surface area contributed by atoms with Crippen LogP contribution in [0.3, 0.4) is 0 Å². The molecule has 156 valence electrons. The summed E-state index contributed by atoms with van der Waals surface area (Å²) in [6.45, 7) is 2.81. The molecule has 0 aliphatic carbocycles. The van der Waals surface area contributed by atoms with Crippen molar-refractivity contribution in [3.8, 4) is 0 Å². The summed E-state index contributed by atoms with van der Waals surface area (Å²) >= 11 is 3.32. The van der Waals surface area contributed by atoms with E-state index >= 15 is 0 Å². The van der Waals surface area contributed by atoms with Crippen molar-refractivity contribution in [2.45, 2.75) is 43.9 Å². The quantitative estimate of drug-likeness (QED) is 0.619. The number of hydrogen-bond acceptors (Lipinski definition) is 3. The van der Waals surface area contributed by atoms with Crippen molar-refractivity contribution >= 4 is 37.5 Å². The molecule has 0 bridgehead atoms. The lowest BCUT2D eigenvalue weighted by atomic mass is 9.98. The van der Waals surface area contributed by atoms with Crippen LogP contribution in [-0.2, 0) is 21.2 Å². The zero-order valence-electron chi connectivity index (χ0n) is 16.6. The molecule has 1 heterocycles. The molecule has 1 amide bonds. The number of amides is 1. The number of carbonyl (C=O) groups is 1. The number of nitrogens with zero attached hydrogens (tertiary/aromatic N) is 1. The molecule has 3 rings (SSSR count). The van der Waals surface area contributed by atoms with E-state index in [1.54, 1.807) is 24.3 Å². The van der Waals surface area contributed by atoms with Crippen molar-refractivity contribution in [3.05, 3.63) is 58.6 Å². The van der Waals surface area contributed by atoms with Gasteiger partial charge < -0.3 is 5.32 Å². The number of benzene rings is 2. The third-order valence-electron chi connectivity index (χ3n) is 5.25. The van der Waals surface area contributed by atoms with Gasteiger partial charge in [0.15, 0.2) is 0 Å². The van der Waals surface area contributed by atoms with Gasteiger partial charge in [-0.2, -0.15) is 4.31 Å². The Kier molecular flexibility index (Phi) is 7.49. The number of carbonyl (C=O) groups excluding carboxylic acids is 1. The largest absolute Gasteiger partial charge is 0.326 e. The molecule has 1 aliphatic rings. The Labute approximate surface area is 181 Å². The van der Waals surface area contributed by atoms with Gasteiger partial charge in [-0.05, 0) is 67.6 Å². The maximum atomic E-state index is 12.9. The van der Waals surface area contributed by atoms with Crippen LogP contribution in [0.5, 0.6) is 0 Å². The molecule has 0 spiro atoms. The maximum Gasteiger partial charge on any atom is 0.243 e. The molecule has 1 saturated heterocycles. The lowest BCUT2D eigenvalue weighted by Gasteiger charge is -2.31. The standard InChI is InChI=1S/C22H27BrN2O3S/c1-2-3-5-17-7-11-20(12-8-17)24-22(26)18-6-4-15-25(16-18)29(27,28)21-13-9-19(23)10-14-21/h7-14,18H,2-6,15-16H2,1H3,(H,24,26)/t18-/m1/s1. The van der Waals surface area contributed by atoms with Crippen LogP contribution in [0.4, 0.5) is 5.69 Å². The zero-order chi connectivity index (χ0) is 20.9. The van der Waals surface area contributed by atoms with Crippen LogP contribution in [-0.4, -0.2) is 31.7 Å². The second-order valence-electron chi connectivity index (χ2n) is 7.45. The van der Waals surface area contributed by atoms with Crippen molar-refractivity contribution in [1.29, 1.82) is 0 Å². The average molecular weight is 479 g/mol. The number of rotatable bonds is 7. The Morgan fingerprint density at radius 2 is 1.83 bits per heavy atom.